The molecule has 4 aromatic rings. The SMILES string of the molecule is Cc1cc(-c2cnc3sc(N)nc3c2)cc2c1OCCN(c1nc(CNCCF)nc(C)c1C(C)C)C2. The van der Waals surface area contributed by atoms with Gasteiger partial charge in [-0.25, -0.2) is 24.3 Å². The van der Waals surface area contributed by atoms with Gasteiger partial charge in [-0.2, -0.15) is 0 Å². The lowest BCUT2D eigenvalue weighted by atomic mass is 9.99. The summed E-state index contributed by atoms with van der Waals surface area (Å²) in [5.41, 5.74) is 13.0. The number of fused-ring (bicyclic) bond motifs is 2. The Morgan fingerprint density at radius 2 is 2.00 bits per heavy atom. The number of halogens is 1. The molecule has 1 aliphatic heterocycles. The quantitative estimate of drug-likeness (QED) is 0.330. The number of alkyl halides is 1. The monoisotopic (exact) mass is 521 g/mol. The second-order valence-electron chi connectivity index (χ2n) is 9.63. The van der Waals surface area contributed by atoms with Gasteiger partial charge in [-0.15, -0.1) is 0 Å². The molecule has 4 heterocycles. The van der Waals surface area contributed by atoms with Crippen LogP contribution in [0.1, 0.15) is 48.0 Å². The lowest BCUT2D eigenvalue weighted by Crippen LogP contribution is -2.29. The van der Waals surface area contributed by atoms with E-state index < -0.39 is 6.67 Å². The normalized spacial score (nSPS) is 13.6. The summed E-state index contributed by atoms with van der Waals surface area (Å²) < 4.78 is 18.9. The van der Waals surface area contributed by atoms with E-state index >= 15 is 0 Å². The molecule has 0 bridgehead atoms. The lowest BCUT2D eigenvalue weighted by molar-refractivity contribution is 0.329. The molecule has 1 aliphatic rings. The van der Waals surface area contributed by atoms with Crippen LogP contribution in [0.25, 0.3) is 21.5 Å². The Balaban J connectivity index is 1.53. The molecule has 0 aliphatic carbocycles. The Hall–Kier alpha value is -3.37. The topological polar surface area (TPSA) is 102 Å². The van der Waals surface area contributed by atoms with Crippen LogP contribution in [0, 0.1) is 13.8 Å². The molecular formula is C27H32FN7OS. The third-order valence-corrected chi connectivity index (χ3v) is 7.32. The zero-order chi connectivity index (χ0) is 26.1. The fourth-order valence-corrected chi connectivity index (χ4v) is 5.60. The van der Waals surface area contributed by atoms with Crippen molar-refractivity contribution in [2.45, 2.75) is 46.7 Å². The van der Waals surface area contributed by atoms with E-state index in [1.165, 1.54) is 11.3 Å². The molecule has 0 atom stereocenters. The Morgan fingerprint density at radius 1 is 1.16 bits per heavy atom. The first kappa shape index (κ1) is 25.3. The van der Waals surface area contributed by atoms with E-state index in [1.54, 1.807) is 0 Å². The minimum atomic E-state index is -0.420. The summed E-state index contributed by atoms with van der Waals surface area (Å²) in [5.74, 6) is 2.76. The van der Waals surface area contributed by atoms with Crippen LogP contribution in [0.5, 0.6) is 5.75 Å². The van der Waals surface area contributed by atoms with Crippen molar-refractivity contribution in [2.24, 2.45) is 0 Å². The number of rotatable bonds is 7. The van der Waals surface area contributed by atoms with Crippen molar-refractivity contribution in [1.29, 1.82) is 0 Å². The number of ether oxygens (including phenoxy) is 1. The number of nitrogen functional groups attached to an aromatic ring is 1. The maximum absolute atomic E-state index is 12.6. The third kappa shape index (κ3) is 5.21. The van der Waals surface area contributed by atoms with Gasteiger partial charge in [0.25, 0.3) is 0 Å². The zero-order valence-corrected chi connectivity index (χ0v) is 22.5. The number of nitrogens with zero attached hydrogens (tertiary/aromatic N) is 5. The highest BCUT2D eigenvalue weighted by atomic mass is 32.1. The van der Waals surface area contributed by atoms with Crippen LogP contribution < -0.4 is 20.7 Å². The molecule has 37 heavy (non-hydrogen) atoms. The summed E-state index contributed by atoms with van der Waals surface area (Å²) >= 11 is 1.39. The molecule has 1 aromatic carbocycles. The second-order valence-corrected chi connectivity index (χ2v) is 10.6. The summed E-state index contributed by atoms with van der Waals surface area (Å²) in [7, 11) is 0. The molecule has 0 fully saturated rings. The van der Waals surface area contributed by atoms with Crippen molar-refractivity contribution in [1.82, 2.24) is 25.3 Å². The van der Waals surface area contributed by atoms with Gasteiger partial charge in [0, 0.05) is 41.7 Å². The van der Waals surface area contributed by atoms with Gasteiger partial charge in [-0.1, -0.05) is 25.2 Å². The van der Waals surface area contributed by atoms with E-state index in [2.05, 4.69) is 53.1 Å². The first-order chi connectivity index (χ1) is 17.8. The van der Waals surface area contributed by atoms with Crippen LogP contribution in [0.4, 0.5) is 15.3 Å². The Morgan fingerprint density at radius 3 is 2.78 bits per heavy atom. The van der Waals surface area contributed by atoms with Gasteiger partial charge in [0.1, 0.15) is 41.0 Å². The van der Waals surface area contributed by atoms with E-state index in [-0.39, 0.29) is 12.5 Å². The molecule has 0 saturated carbocycles. The highest BCUT2D eigenvalue weighted by Gasteiger charge is 2.24. The van der Waals surface area contributed by atoms with Crippen LogP contribution in [0.15, 0.2) is 24.4 Å². The van der Waals surface area contributed by atoms with Gasteiger partial charge in [0.15, 0.2) is 5.13 Å². The van der Waals surface area contributed by atoms with E-state index in [0.717, 1.165) is 55.4 Å². The van der Waals surface area contributed by atoms with Gasteiger partial charge in [0.05, 0.1) is 13.1 Å². The Labute approximate surface area is 220 Å². The largest absolute Gasteiger partial charge is 0.491 e. The number of aryl methyl sites for hydroxylation is 2. The first-order valence-electron chi connectivity index (χ1n) is 12.5. The van der Waals surface area contributed by atoms with Crippen molar-refractivity contribution in [3.05, 3.63) is 52.6 Å². The number of aromatic nitrogens is 4. The molecule has 0 unspecified atom stereocenters. The summed E-state index contributed by atoms with van der Waals surface area (Å²) in [5, 5.41) is 3.59. The van der Waals surface area contributed by atoms with Crippen molar-refractivity contribution >= 4 is 32.6 Å². The molecule has 194 valence electrons. The Bertz CT molecular complexity index is 1440. The highest BCUT2D eigenvalue weighted by Crippen LogP contribution is 2.36. The summed E-state index contributed by atoms with van der Waals surface area (Å²) in [6, 6.07) is 6.34. The molecule has 5 rings (SSSR count). The van der Waals surface area contributed by atoms with Crippen LogP contribution in [0.2, 0.25) is 0 Å². The molecule has 0 amide bonds. The van der Waals surface area contributed by atoms with Crippen LogP contribution in [-0.2, 0) is 13.1 Å². The summed E-state index contributed by atoms with van der Waals surface area (Å²) in [6.45, 7) is 10.6. The van der Waals surface area contributed by atoms with E-state index in [0.29, 0.717) is 37.2 Å². The van der Waals surface area contributed by atoms with Crippen molar-refractivity contribution in [3.63, 3.8) is 0 Å². The number of nitrogens with one attached hydrogen (secondary N) is 1. The fraction of sp³-hybridized carbons (Fsp3) is 0.407. The smallest absolute Gasteiger partial charge is 0.182 e. The number of benzene rings is 1. The number of pyridine rings is 1. The molecule has 0 radical (unpaired) electrons. The predicted octanol–water partition coefficient (Wildman–Crippen LogP) is 4.93. The number of hydrogen-bond acceptors (Lipinski definition) is 9. The van der Waals surface area contributed by atoms with Crippen molar-refractivity contribution in [3.8, 4) is 16.9 Å². The Kier molecular flexibility index (Phi) is 7.21. The third-order valence-electron chi connectivity index (χ3n) is 6.51. The number of nitrogens with two attached hydrogens (primary N) is 1. The summed E-state index contributed by atoms with van der Waals surface area (Å²) in [4.78, 5) is 21.7. The molecule has 3 aromatic heterocycles. The molecule has 8 nitrogen and oxygen atoms in total. The molecule has 0 saturated heterocycles. The van der Waals surface area contributed by atoms with Crippen LogP contribution >= 0.6 is 11.3 Å². The number of anilines is 2. The first-order valence-corrected chi connectivity index (χ1v) is 13.3. The number of hydrogen-bond donors (Lipinski definition) is 2. The highest BCUT2D eigenvalue weighted by molar-refractivity contribution is 7.21. The maximum atomic E-state index is 12.6. The average molecular weight is 522 g/mol. The van der Waals surface area contributed by atoms with Gasteiger partial charge < -0.3 is 20.7 Å². The number of thiazole rings is 1. The van der Waals surface area contributed by atoms with Gasteiger partial charge in [-0.3, -0.25) is 0 Å². The van der Waals surface area contributed by atoms with E-state index in [9.17, 15) is 4.39 Å². The molecule has 3 N–H and O–H groups in total. The lowest BCUT2D eigenvalue weighted by Gasteiger charge is -2.27. The average Bonchev–Trinajstić information content (AvgIpc) is 3.08. The van der Waals surface area contributed by atoms with Crippen molar-refractivity contribution in [2.75, 3.05) is 37.0 Å². The van der Waals surface area contributed by atoms with Gasteiger partial charge >= 0.3 is 0 Å². The maximum Gasteiger partial charge on any atom is 0.182 e. The van der Waals surface area contributed by atoms with Gasteiger partial charge in [0.2, 0.25) is 0 Å². The second kappa shape index (κ2) is 10.5. The fourth-order valence-electron chi connectivity index (χ4n) is 4.94. The predicted molar refractivity (Wildman–Crippen MR) is 147 cm³/mol. The van der Waals surface area contributed by atoms with E-state index in [4.69, 9.17) is 20.4 Å². The minimum Gasteiger partial charge on any atom is -0.491 e. The molecule has 0 spiro atoms. The van der Waals surface area contributed by atoms with Crippen LogP contribution in [-0.4, -0.2) is 46.3 Å². The molecule has 10 heteroatoms. The van der Waals surface area contributed by atoms with Gasteiger partial charge in [-0.05, 0) is 49.1 Å². The molecular weight excluding hydrogens is 489 g/mol. The summed E-state index contributed by atoms with van der Waals surface area (Å²) in [6.07, 6.45) is 1.87. The standard InChI is InChI=1S/C27H32FN7OS/c1-15(2)23-17(4)32-22(13-30-6-5-28)34-25(23)35-7-8-36-24-16(3)9-18(10-20(24)14-35)19-11-21-26(31-12-19)37-27(29)33-21/h9-12,15,30H,5-8,13-14H2,1-4H3,(H2,29,33). The van der Waals surface area contributed by atoms with E-state index in [1.807, 2.05) is 19.2 Å². The van der Waals surface area contributed by atoms with Crippen LogP contribution in [0.3, 0.4) is 0 Å². The van der Waals surface area contributed by atoms with Crippen molar-refractivity contribution < 1.29 is 9.13 Å². The minimum absolute atomic E-state index is 0.253. The zero-order valence-electron chi connectivity index (χ0n) is 21.6.